The summed E-state index contributed by atoms with van der Waals surface area (Å²) in [6.07, 6.45) is 5.57. The molecule has 33 heavy (non-hydrogen) atoms. The van der Waals surface area contributed by atoms with Gasteiger partial charge in [-0.2, -0.15) is 0 Å². The van der Waals surface area contributed by atoms with Gasteiger partial charge in [0.2, 0.25) is 5.91 Å². The van der Waals surface area contributed by atoms with Crippen molar-refractivity contribution in [3.05, 3.63) is 35.7 Å². The van der Waals surface area contributed by atoms with Gasteiger partial charge in [0.15, 0.2) is 11.5 Å². The summed E-state index contributed by atoms with van der Waals surface area (Å²) >= 11 is 0. The summed E-state index contributed by atoms with van der Waals surface area (Å²) in [5.74, 6) is 1.04. The molecule has 1 saturated carbocycles. The molecule has 2 amide bonds. The third-order valence-corrected chi connectivity index (χ3v) is 6.63. The van der Waals surface area contributed by atoms with Crippen molar-refractivity contribution in [3.63, 3.8) is 0 Å². The second kappa shape index (κ2) is 9.38. The van der Waals surface area contributed by atoms with E-state index in [0.717, 1.165) is 25.7 Å². The van der Waals surface area contributed by atoms with Crippen LogP contribution >= 0.6 is 0 Å². The van der Waals surface area contributed by atoms with Crippen molar-refractivity contribution in [2.24, 2.45) is 5.92 Å². The van der Waals surface area contributed by atoms with Crippen molar-refractivity contribution in [3.8, 4) is 11.5 Å². The van der Waals surface area contributed by atoms with E-state index in [2.05, 4.69) is 15.6 Å². The summed E-state index contributed by atoms with van der Waals surface area (Å²) in [6, 6.07) is 4.77. The Balaban J connectivity index is 1.40. The van der Waals surface area contributed by atoms with Crippen LogP contribution < -0.4 is 14.8 Å². The van der Waals surface area contributed by atoms with Crippen molar-refractivity contribution in [1.29, 1.82) is 0 Å². The molecule has 1 aromatic carbocycles. The number of nitrogens with one attached hydrogen (secondary N) is 1. The van der Waals surface area contributed by atoms with E-state index >= 15 is 0 Å². The molecule has 176 valence electrons. The van der Waals surface area contributed by atoms with Gasteiger partial charge in [0.1, 0.15) is 12.3 Å². The Morgan fingerprint density at radius 1 is 1.24 bits per heavy atom. The Bertz CT molecular complexity index is 1020. The summed E-state index contributed by atoms with van der Waals surface area (Å²) < 4.78 is 19.1. The average Bonchev–Trinajstić information content (AvgIpc) is 3.58. The topological polar surface area (TPSA) is 108 Å². The largest absolute Gasteiger partial charge is 0.493 e. The third-order valence-electron chi connectivity index (χ3n) is 6.63. The van der Waals surface area contributed by atoms with E-state index in [1.54, 1.807) is 30.0 Å². The van der Waals surface area contributed by atoms with E-state index < -0.39 is 0 Å². The molecule has 1 N–H and O–H groups in total. The van der Waals surface area contributed by atoms with Crippen LogP contribution in [0.5, 0.6) is 11.5 Å². The Kier molecular flexibility index (Phi) is 6.17. The molecular weight excluding hydrogens is 426 g/mol. The molecule has 0 radical (unpaired) electrons. The van der Waals surface area contributed by atoms with Crippen LogP contribution in [0.3, 0.4) is 0 Å². The highest BCUT2D eigenvalue weighted by atomic mass is 16.5. The lowest BCUT2D eigenvalue weighted by atomic mass is 10.1. The number of hydrogen-bond acceptors (Lipinski definition) is 7. The zero-order valence-corrected chi connectivity index (χ0v) is 18.7. The molecule has 1 aliphatic carbocycles. The zero-order chi connectivity index (χ0) is 22.8. The molecule has 3 heterocycles. The number of fused-ring (bicyclic) bond motifs is 5. The van der Waals surface area contributed by atoms with Crippen molar-refractivity contribution >= 4 is 11.8 Å². The summed E-state index contributed by atoms with van der Waals surface area (Å²) in [5.41, 5.74) is 1.15. The number of nitrogens with zero attached hydrogens (tertiary/aromatic N) is 4. The van der Waals surface area contributed by atoms with E-state index in [1.807, 2.05) is 11.1 Å². The highest BCUT2D eigenvalue weighted by Crippen LogP contribution is 2.30. The molecular formula is C23H29N5O5. The molecule has 2 fully saturated rings. The van der Waals surface area contributed by atoms with Gasteiger partial charge < -0.3 is 24.4 Å². The quantitative estimate of drug-likeness (QED) is 0.729. The predicted octanol–water partition coefficient (Wildman–Crippen LogP) is 1.40. The number of benzene rings is 1. The van der Waals surface area contributed by atoms with E-state index in [0.29, 0.717) is 49.0 Å². The molecule has 0 unspecified atom stereocenters. The minimum Gasteiger partial charge on any atom is -0.493 e. The van der Waals surface area contributed by atoms with Crippen LogP contribution in [0, 0.1) is 5.92 Å². The van der Waals surface area contributed by atoms with E-state index in [1.165, 1.54) is 0 Å². The Morgan fingerprint density at radius 2 is 2.09 bits per heavy atom. The van der Waals surface area contributed by atoms with E-state index in [9.17, 15) is 9.59 Å². The lowest BCUT2D eigenvalue weighted by Gasteiger charge is -2.20. The van der Waals surface area contributed by atoms with E-state index in [-0.39, 0.29) is 36.5 Å². The first-order valence-corrected chi connectivity index (χ1v) is 11.5. The Morgan fingerprint density at radius 3 is 2.91 bits per heavy atom. The lowest BCUT2D eigenvalue weighted by molar-refractivity contribution is -0.134. The van der Waals surface area contributed by atoms with Crippen molar-refractivity contribution < 1.29 is 23.8 Å². The van der Waals surface area contributed by atoms with Crippen molar-refractivity contribution in [2.75, 3.05) is 26.8 Å². The fourth-order valence-electron chi connectivity index (χ4n) is 4.83. The monoisotopic (exact) mass is 455 g/mol. The van der Waals surface area contributed by atoms with Gasteiger partial charge >= 0.3 is 0 Å². The SMILES string of the molecule is COc1ccc2cc1OCCn1cc(nn1)CO[C@H]1CN(C(=O)C3CCCC3)C[C@@H]1NC2=O. The minimum absolute atomic E-state index is 0.0825. The van der Waals surface area contributed by atoms with Crippen LogP contribution in [0.4, 0.5) is 0 Å². The molecule has 0 spiro atoms. The second-order valence-corrected chi connectivity index (χ2v) is 8.84. The van der Waals surface area contributed by atoms with Gasteiger partial charge in [-0.15, -0.1) is 5.10 Å². The first-order valence-electron chi connectivity index (χ1n) is 11.5. The van der Waals surface area contributed by atoms with Gasteiger partial charge in [-0.1, -0.05) is 18.1 Å². The van der Waals surface area contributed by atoms with Crippen LogP contribution in [0.15, 0.2) is 24.4 Å². The number of aromatic nitrogens is 3. The fourth-order valence-corrected chi connectivity index (χ4v) is 4.83. The maximum Gasteiger partial charge on any atom is 0.251 e. The molecule has 1 saturated heterocycles. The number of likely N-dealkylation sites (tertiary alicyclic amines) is 1. The van der Waals surface area contributed by atoms with Crippen LogP contribution in [-0.2, 0) is 22.7 Å². The molecule has 3 aliphatic rings. The van der Waals surface area contributed by atoms with Gasteiger partial charge in [0.05, 0.1) is 38.6 Å². The molecule has 2 aromatic rings. The summed E-state index contributed by atoms with van der Waals surface area (Å²) in [4.78, 5) is 28.0. The Labute approximate surface area is 192 Å². The first-order chi connectivity index (χ1) is 16.1. The number of rotatable bonds is 2. The molecule has 10 heteroatoms. The van der Waals surface area contributed by atoms with Gasteiger partial charge in [0, 0.05) is 24.6 Å². The summed E-state index contributed by atoms with van der Waals surface area (Å²) in [7, 11) is 1.56. The van der Waals surface area contributed by atoms with Crippen LogP contribution in [0.25, 0.3) is 0 Å². The molecule has 2 aliphatic heterocycles. The van der Waals surface area contributed by atoms with Gasteiger partial charge in [0.25, 0.3) is 5.91 Å². The fraction of sp³-hybridized carbons (Fsp3) is 0.565. The number of hydrogen-bond donors (Lipinski definition) is 1. The molecule has 5 rings (SSSR count). The molecule has 10 nitrogen and oxygen atoms in total. The molecule has 1 aromatic heterocycles. The number of methoxy groups -OCH3 is 1. The van der Waals surface area contributed by atoms with Gasteiger partial charge in [-0.05, 0) is 31.0 Å². The van der Waals surface area contributed by atoms with Crippen molar-refractivity contribution in [2.45, 2.75) is 51.0 Å². The third kappa shape index (κ3) is 4.66. The second-order valence-electron chi connectivity index (χ2n) is 8.84. The summed E-state index contributed by atoms with van der Waals surface area (Å²) in [6.45, 7) is 1.96. The number of carbonyl (C=O) groups excluding carboxylic acids is 2. The summed E-state index contributed by atoms with van der Waals surface area (Å²) in [5, 5.41) is 11.4. The van der Waals surface area contributed by atoms with E-state index in [4.69, 9.17) is 14.2 Å². The smallest absolute Gasteiger partial charge is 0.251 e. The minimum atomic E-state index is -0.330. The highest BCUT2D eigenvalue weighted by Gasteiger charge is 2.39. The molecule has 4 bridgehead atoms. The standard InChI is InChI=1S/C23H29N5O5/c1-31-19-7-6-16-10-20(19)32-9-8-28-11-17(25-26-28)14-33-21-13-27(12-18(21)24-22(16)29)23(30)15-4-2-3-5-15/h6-7,10-11,15,18,21H,2-5,8-9,12-14H2,1H3,(H,24,29)/t18-,21-/m0/s1. The van der Waals surface area contributed by atoms with Crippen molar-refractivity contribution in [1.82, 2.24) is 25.2 Å². The zero-order valence-electron chi connectivity index (χ0n) is 18.7. The number of amides is 2. The van der Waals surface area contributed by atoms with Crippen LogP contribution in [-0.4, -0.2) is 70.7 Å². The van der Waals surface area contributed by atoms with Gasteiger partial charge in [-0.3, -0.25) is 9.59 Å². The van der Waals surface area contributed by atoms with Crippen LogP contribution in [0.1, 0.15) is 41.7 Å². The Hall–Kier alpha value is -3.14. The molecule has 2 atom stereocenters. The normalized spacial score (nSPS) is 23.8. The highest BCUT2D eigenvalue weighted by molar-refractivity contribution is 5.95. The first kappa shape index (κ1) is 21.7. The predicted molar refractivity (Wildman–Crippen MR) is 117 cm³/mol. The average molecular weight is 456 g/mol. The van der Waals surface area contributed by atoms with Crippen LogP contribution in [0.2, 0.25) is 0 Å². The number of carbonyl (C=O) groups is 2. The number of ether oxygens (including phenoxy) is 3. The maximum atomic E-state index is 13.1. The maximum absolute atomic E-state index is 13.1. The lowest BCUT2D eigenvalue weighted by Crippen LogP contribution is -2.44. The van der Waals surface area contributed by atoms with Gasteiger partial charge in [-0.25, -0.2) is 4.68 Å².